The van der Waals surface area contributed by atoms with Crippen molar-refractivity contribution in [2.24, 2.45) is 0 Å². The van der Waals surface area contributed by atoms with Gasteiger partial charge in [-0.2, -0.15) is 26.3 Å². The molecule has 0 saturated heterocycles. The molecule has 0 spiro atoms. The van der Waals surface area contributed by atoms with Crippen LogP contribution in [0.2, 0.25) is 0 Å². The summed E-state index contributed by atoms with van der Waals surface area (Å²) in [4.78, 5) is 23.1. The van der Waals surface area contributed by atoms with Crippen LogP contribution in [0.1, 0.15) is 27.9 Å². The summed E-state index contributed by atoms with van der Waals surface area (Å²) < 4.78 is 76.1. The molecule has 0 aliphatic rings. The predicted octanol–water partition coefficient (Wildman–Crippen LogP) is 3.27. The third-order valence-electron chi connectivity index (χ3n) is 2.84. The van der Waals surface area contributed by atoms with Gasteiger partial charge in [-0.3, -0.25) is 9.59 Å². The van der Waals surface area contributed by atoms with Crippen molar-refractivity contribution in [1.82, 2.24) is 4.90 Å². The van der Waals surface area contributed by atoms with Gasteiger partial charge in [0.05, 0.1) is 17.5 Å². The number of carboxylic acids is 1. The molecule has 4 nitrogen and oxygen atoms in total. The average Bonchev–Trinajstić information content (AvgIpc) is 2.41. The summed E-state index contributed by atoms with van der Waals surface area (Å²) in [7, 11) is 1.08. The minimum Gasteiger partial charge on any atom is -0.481 e. The van der Waals surface area contributed by atoms with Crippen molar-refractivity contribution in [2.75, 3.05) is 13.6 Å². The fraction of sp³-hybridized carbons (Fsp3) is 0.385. The molecular weight excluding hydrogens is 332 g/mol. The highest BCUT2D eigenvalue weighted by molar-refractivity contribution is 5.94. The van der Waals surface area contributed by atoms with Crippen molar-refractivity contribution in [3.63, 3.8) is 0 Å². The number of hydrogen-bond acceptors (Lipinski definition) is 2. The quantitative estimate of drug-likeness (QED) is 0.854. The van der Waals surface area contributed by atoms with Gasteiger partial charge in [0.25, 0.3) is 5.91 Å². The molecule has 128 valence electrons. The Hall–Kier alpha value is -2.26. The second kappa shape index (κ2) is 6.47. The van der Waals surface area contributed by atoms with Gasteiger partial charge in [0.1, 0.15) is 0 Å². The summed E-state index contributed by atoms with van der Waals surface area (Å²) in [5, 5.41) is 8.48. The van der Waals surface area contributed by atoms with E-state index in [0.717, 1.165) is 11.9 Å². The molecule has 0 aliphatic heterocycles. The van der Waals surface area contributed by atoms with E-state index in [1.165, 1.54) is 0 Å². The number of rotatable bonds is 4. The number of carbonyl (C=O) groups excluding carboxylic acids is 1. The van der Waals surface area contributed by atoms with Crippen LogP contribution in [-0.2, 0) is 17.1 Å². The number of aliphatic carboxylic acids is 1. The molecule has 0 fully saturated rings. The van der Waals surface area contributed by atoms with E-state index in [0.29, 0.717) is 12.1 Å². The summed E-state index contributed by atoms with van der Waals surface area (Å²) in [6.07, 6.45) is -10.6. The van der Waals surface area contributed by atoms with E-state index in [2.05, 4.69) is 0 Å². The van der Waals surface area contributed by atoms with Crippen LogP contribution in [0, 0.1) is 0 Å². The molecule has 0 aromatic heterocycles. The number of alkyl halides is 6. The number of halogens is 6. The van der Waals surface area contributed by atoms with Gasteiger partial charge in [0, 0.05) is 19.2 Å². The van der Waals surface area contributed by atoms with Crippen molar-refractivity contribution >= 4 is 11.9 Å². The van der Waals surface area contributed by atoms with Crippen molar-refractivity contribution < 1.29 is 41.0 Å². The Morgan fingerprint density at radius 1 is 1.00 bits per heavy atom. The van der Waals surface area contributed by atoms with Gasteiger partial charge in [0.2, 0.25) is 0 Å². The summed E-state index contributed by atoms with van der Waals surface area (Å²) in [6.45, 7) is -0.355. The van der Waals surface area contributed by atoms with Crippen molar-refractivity contribution in [2.45, 2.75) is 18.8 Å². The summed E-state index contributed by atoms with van der Waals surface area (Å²) in [5.74, 6) is -2.40. The molecule has 0 aliphatic carbocycles. The number of nitrogens with zero attached hydrogens (tertiary/aromatic N) is 1. The van der Waals surface area contributed by atoms with Crippen LogP contribution in [0.3, 0.4) is 0 Å². The summed E-state index contributed by atoms with van der Waals surface area (Å²) in [6, 6.07) is 0.512. The summed E-state index contributed by atoms with van der Waals surface area (Å²) in [5.41, 5.74) is -4.04. The third kappa shape index (κ3) is 5.15. The fourth-order valence-corrected chi connectivity index (χ4v) is 1.66. The lowest BCUT2D eigenvalue weighted by Crippen LogP contribution is -2.29. The molecule has 0 unspecified atom stereocenters. The molecule has 0 atom stereocenters. The zero-order chi connectivity index (χ0) is 18.0. The average molecular weight is 343 g/mol. The van der Waals surface area contributed by atoms with Gasteiger partial charge < -0.3 is 10.0 Å². The zero-order valence-corrected chi connectivity index (χ0v) is 11.6. The Labute approximate surface area is 126 Å². The highest BCUT2D eigenvalue weighted by Gasteiger charge is 2.37. The van der Waals surface area contributed by atoms with Gasteiger partial charge >= 0.3 is 18.3 Å². The first-order valence-corrected chi connectivity index (χ1v) is 6.09. The van der Waals surface area contributed by atoms with Crippen LogP contribution < -0.4 is 0 Å². The van der Waals surface area contributed by atoms with Crippen LogP contribution in [0.4, 0.5) is 26.3 Å². The lowest BCUT2D eigenvalue weighted by atomic mass is 10.0. The van der Waals surface area contributed by atoms with E-state index in [1.807, 2.05) is 0 Å². The minimum absolute atomic E-state index is 0.0893. The Morgan fingerprint density at radius 3 is 1.78 bits per heavy atom. The lowest BCUT2D eigenvalue weighted by molar-refractivity contribution is -0.143. The maximum atomic E-state index is 12.7. The molecule has 1 aromatic carbocycles. The van der Waals surface area contributed by atoms with E-state index in [-0.39, 0.29) is 12.6 Å². The van der Waals surface area contributed by atoms with Gasteiger partial charge in [-0.25, -0.2) is 0 Å². The van der Waals surface area contributed by atoms with E-state index in [4.69, 9.17) is 5.11 Å². The van der Waals surface area contributed by atoms with Crippen molar-refractivity contribution in [1.29, 1.82) is 0 Å². The number of carboxylic acid groups (broad SMARTS) is 1. The van der Waals surface area contributed by atoms with Crippen LogP contribution in [0.25, 0.3) is 0 Å². The molecule has 23 heavy (non-hydrogen) atoms. The van der Waals surface area contributed by atoms with E-state index >= 15 is 0 Å². The Kier molecular flexibility index (Phi) is 5.28. The molecule has 1 amide bonds. The second-order valence-electron chi connectivity index (χ2n) is 4.67. The standard InChI is InChI=1S/C13H11F6NO3/c1-20(3-2-10(21)22)11(23)7-4-8(12(14,15)16)6-9(5-7)13(17,18)19/h4-6H,2-3H2,1H3,(H,21,22). The van der Waals surface area contributed by atoms with E-state index < -0.39 is 47.3 Å². The van der Waals surface area contributed by atoms with Crippen LogP contribution >= 0.6 is 0 Å². The van der Waals surface area contributed by atoms with Crippen molar-refractivity contribution in [3.05, 3.63) is 34.9 Å². The molecule has 1 aromatic rings. The molecule has 0 radical (unpaired) electrons. The summed E-state index contributed by atoms with van der Waals surface area (Å²) >= 11 is 0. The van der Waals surface area contributed by atoms with Crippen molar-refractivity contribution in [3.8, 4) is 0 Å². The van der Waals surface area contributed by atoms with Crippen LogP contribution in [0.15, 0.2) is 18.2 Å². The first kappa shape index (κ1) is 18.8. The normalized spacial score (nSPS) is 12.1. The Balaban J connectivity index is 3.24. The monoisotopic (exact) mass is 343 g/mol. The fourth-order valence-electron chi connectivity index (χ4n) is 1.66. The number of carbonyl (C=O) groups is 2. The lowest BCUT2D eigenvalue weighted by Gasteiger charge is -2.18. The maximum absolute atomic E-state index is 12.7. The highest BCUT2D eigenvalue weighted by Crippen LogP contribution is 2.36. The maximum Gasteiger partial charge on any atom is 0.416 e. The molecule has 0 saturated carbocycles. The third-order valence-corrected chi connectivity index (χ3v) is 2.84. The smallest absolute Gasteiger partial charge is 0.416 e. The van der Waals surface area contributed by atoms with Gasteiger partial charge in [0.15, 0.2) is 0 Å². The molecule has 1 rings (SSSR count). The first-order valence-electron chi connectivity index (χ1n) is 6.09. The Bertz CT molecular complexity index is 576. The molecule has 1 N–H and O–H groups in total. The SMILES string of the molecule is CN(CCC(=O)O)C(=O)c1cc(C(F)(F)F)cc(C(F)(F)F)c1. The van der Waals surface area contributed by atoms with Gasteiger partial charge in [-0.15, -0.1) is 0 Å². The zero-order valence-electron chi connectivity index (χ0n) is 11.6. The van der Waals surface area contributed by atoms with Gasteiger partial charge in [-0.1, -0.05) is 0 Å². The number of amides is 1. The molecular formula is C13H11F6NO3. The highest BCUT2D eigenvalue weighted by atomic mass is 19.4. The van der Waals surface area contributed by atoms with Gasteiger partial charge in [-0.05, 0) is 18.2 Å². The predicted molar refractivity (Wildman–Crippen MR) is 65.7 cm³/mol. The van der Waals surface area contributed by atoms with E-state index in [9.17, 15) is 35.9 Å². The number of benzene rings is 1. The van der Waals surface area contributed by atoms with E-state index in [1.54, 1.807) is 0 Å². The largest absolute Gasteiger partial charge is 0.481 e. The molecule has 0 heterocycles. The number of hydrogen-bond donors (Lipinski definition) is 1. The molecule has 10 heteroatoms. The minimum atomic E-state index is -5.06. The topological polar surface area (TPSA) is 57.6 Å². The first-order chi connectivity index (χ1) is 10.3. The Morgan fingerprint density at radius 2 is 1.43 bits per heavy atom. The second-order valence-corrected chi connectivity index (χ2v) is 4.67. The van der Waals surface area contributed by atoms with Crippen LogP contribution in [-0.4, -0.2) is 35.5 Å². The van der Waals surface area contributed by atoms with Crippen LogP contribution in [0.5, 0.6) is 0 Å². The molecule has 0 bridgehead atoms.